The van der Waals surface area contributed by atoms with Crippen LogP contribution in [0.15, 0.2) is 48.5 Å². The second kappa shape index (κ2) is 8.58. The normalized spacial score (nSPS) is 13.0. The Morgan fingerprint density at radius 1 is 0.926 bits per heavy atom. The minimum atomic E-state index is -0.522. The number of esters is 1. The number of nitrogens with zero attached hydrogens (tertiary/aromatic N) is 1. The highest BCUT2D eigenvalue weighted by atomic mass is 16.5. The number of hydrogen-bond acceptors (Lipinski definition) is 5. The monoisotopic (exact) mass is 369 g/mol. The van der Waals surface area contributed by atoms with E-state index in [0.717, 1.165) is 24.2 Å². The molecule has 2 aromatic carbocycles. The first-order chi connectivity index (χ1) is 13.1. The fourth-order valence-corrected chi connectivity index (χ4v) is 2.76. The summed E-state index contributed by atoms with van der Waals surface area (Å²) in [5.74, 6) is 0.722. The Hall–Kier alpha value is -3.02. The van der Waals surface area contributed by atoms with Crippen molar-refractivity contribution in [1.29, 1.82) is 0 Å². The first kappa shape index (κ1) is 18.8. The zero-order valence-corrected chi connectivity index (χ0v) is 15.5. The van der Waals surface area contributed by atoms with Crippen molar-refractivity contribution < 1.29 is 23.8 Å². The van der Waals surface area contributed by atoms with E-state index in [0.29, 0.717) is 17.9 Å². The third-order valence-corrected chi connectivity index (χ3v) is 4.47. The largest absolute Gasteiger partial charge is 0.497 e. The van der Waals surface area contributed by atoms with Crippen molar-refractivity contribution in [2.75, 3.05) is 20.8 Å². The van der Waals surface area contributed by atoms with Gasteiger partial charge in [-0.1, -0.05) is 12.1 Å². The second-order valence-corrected chi connectivity index (χ2v) is 6.41. The number of carbonyl (C=O) groups excluding carboxylic acids is 2. The highest BCUT2D eigenvalue weighted by Gasteiger charge is 2.33. The van der Waals surface area contributed by atoms with Crippen LogP contribution in [0.1, 0.15) is 28.8 Å². The summed E-state index contributed by atoms with van der Waals surface area (Å²) < 4.78 is 15.4. The average Bonchev–Trinajstić information content (AvgIpc) is 3.55. The summed E-state index contributed by atoms with van der Waals surface area (Å²) in [6.45, 7) is 0.227. The number of carbonyl (C=O) groups is 2. The molecular formula is C21H23NO5. The summed E-state index contributed by atoms with van der Waals surface area (Å²) in [7, 11) is 3.17. The van der Waals surface area contributed by atoms with Gasteiger partial charge < -0.3 is 19.1 Å². The van der Waals surface area contributed by atoms with E-state index in [1.54, 1.807) is 43.4 Å². The Bertz CT molecular complexity index is 781. The van der Waals surface area contributed by atoms with E-state index in [1.165, 1.54) is 0 Å². The minimum absolute atomic E-state index is 0.185. The van der Waals surface area contributed by atoms with E-state index < -0.39 is 5.97 Å². The van der Waals surface area contributed by atoms with Crippen molar-refractivity contribution >= 4 is 11.9 Å². The third-order valence-electron chi connectivity index (χ3n) is 4.47. The molecule has 0 aromatic heterocycles. The van der Waals surface area contributed by atoms with E-state index in [4.69, 9.17) is 14.2 Å². The van der Waals surface area contributed by atoms with E-state index in [1.807, 2.05) is 24.3 Å². The second-order valence-electron chi connectivity index (χ2n) is 6.41. The molecule has 0 radical (unpaired) electrons. The maximum absolute atomic E-state index is 12.6. The van der Waals surface area contributed by atoms with Crippen LogP contribution in [0, 0.1) is 0 Å². The lowest BCUT2D eigenvalue weighted by Gasteiger charge is -2.22. The molecule has 1 fully saturated rings. The van der Waals surface area contributed by atoms with Crippen molar-refractivity contribution in [3.8, 4) is 11.5 Å². The fraction of sp³-hybridized carbons (Fsp3) is 0.333. The number of amides is 1. The highest BCUT2D eigenvalue weighted by Crippen LogP contribution is 2.29. The van der Waals surface area contributed by atoms with Crippen LogP contribution < -0.4 is 9.47 Å². The molecular weight excluding hydrogens is 346 g/mol. The van der Waals surface area contributed by atoms with Crippen LogP contribution in [0.2, 0.25) is 0 Å². The van der Waals surface area contributed by atoms with Crippen LogP contribution in [0.4, 0.5) is 0 Å². The summed E-state index contributed by atoms with van der Waals surface area (Å²) in [5, 5.41) is 0. The van der Waals surface area contributed by atoms with E-state index in [-0.39, 0.29) is 18.6 Å². The van der Waals surface area contributed by atoms with Crippen LogP contribution in [-0.4, -0.2) is 43.6 Å². The number of ether oxygens (including phenoxy) is 3. The molecule has 6 heteroatoms. The van der Waals surface area contributed by atoms with Gasteiger partial charge in [0.05, 0.1) is 19.8 Å². The molecule has 1 aliphatic carbocycles. The van der Waals surface area contributed by atoms with Gasteiger partial charge in [0.15, 0.2) is 6.61 Å². The van der Waals surface area contributed by atoms with Gasteiger partial charge in [-0.05, 0) is 54.8 Å². The maximum atomic E-state index is 12.6. The number of benzene rings is 2. The first-order valence-electron chi connectivity index (χ1n) is 8.84. The van der Waals surface area contributed by atoms with E-state index >= 15 is 0 Å². The Morgan fingerprint density at radius 3 is 2.00 bits per heavy atom. The number of hydrogen-bond donors (Lipinski definition) is 0. The van der Waals surface area contributed by atoms with Gasteiger partial charge in [-0.15, -0.1) is 0 Å². The predicted molar refractivity (Wildman–Crippen MR) is 99.8 cm³/mol. The van der Waals surface area contributed by atoms with Gasteiger partial charge in [-0.3, -0.25) is 4.79 Å². The summed E-state index contributed by atoms with van der Waals surface area (Å²) in [5.41, 5.74) is 1.40. The van der Waals surface area contributed by atoms with Crippen LogP contribution in [0.3, 0.4) is 0 Å². The molecule has 0 aliphatic heterocycles. The maximum Gasteiger partial charge on any atom is 0.338 e. The lowest BCUT2D eigenvalue weighted by atomic mass is 10.2. The van der Waals surface area contributed by atoms with Gasteiger partial charge >= 0.3 is 5.97 Å². The molecule has 3 rings (SSSR count). The lowest BCUT2D eigenvalue weighted by molar-refractivity contribution is -0.135. The zero-order chi connectivity index (χ0) is 19.2. The standard InChI is InChI=1S/C21H23NO5/c1-25-18-9-3-15(4-10-18)13-22(17-7-8-17)20(23)14-27-21(24)16-5-11-19(26-2)12-6-16/h3-6,9-12,17H,7-8,13-14H2,1-2H3. The lowest BCUT2D eigenvalue weighted by Crippen LogP contribution is -2.36. The Balaban J connectivity index is 1.57. The Morgan fingerprint density at radius 2 is 1.48 bits per heavy atom. The van der Waals surface area contributed by atoms with Crippen molar-refractivity contribution in [2.24, 2.45) is 0 Å². The van der Waals surface area contributed by atoms with Crippen LogP contribution in [0.5, 0.6) is 11.5 Å². The van der Waals surface area contributed by atoms with Crippen molar-refractivity contribution in [3.63, 3.8) is 0 Å². The van der Waals surface area contributed by atoms with Gasteiger partial charge in [-0.25, -0.2) is 4.79 Å². The van der Waals surface area contributed by atoms with Crippen molar-refractivity contribution in [3.05, 3.63) is 59.7 Å². The van der Waals surface area contributed by atoms with Crippen LogP contribution in [0.25, 0.3) is 0 Å². The van der Waals surface area contributed by atoms with Crippen molar-refractivity contribution in [1.82, 2.24) is 4.90 Å². The topological polar surface area (TPSA) is 65.1 Å². The molecule has 0 bridgehead atoms. The molecule has 0 saturated heterocycles. The summed E-state index contributed by atoms with van der Waals surface area (Å²) in [4.78, 5) is 26.5. The van der Waals surface area contributed by atoms with Gasteiger partial charge in [0.2, 0.25) is 0 Å². The minimum Gasteiger partial charge on any atom is -0.497 e. The van der Waals surface area contributed by atoms with Crippen LogP contribution in [-0.2, 0) is 16.1 Å². The quantitative estimate of drug-likeness (QED) is 0.669. The molecule has 0 unspecified atom stereocenters. The highest BCUT2D eigenvalue weighted by molar-refractivity contribution is 5.91. The van der Waals surface area contributed by atoms with Gasteiger partial charge in [0.25, 0.3) is 5.91 Å². The molecule has 0 spiro atoms. The fourth-order valence-electron chi connectivity index (χ4n) is 2.76. The summed E-state index contributed by atoms with van der Waals surface area (Å²) >= 11 is 0. The summed E-state index contributed by atoms with van der Waals surface area (Å²) in [6, 6.07) is 14.4. The molecule has 6 nitrogen and oxygen atoms in total. The number of rotatable bonds is 8. The number of methoxy groups -OCH3 is 2. The van der Waals surface area contributed by atoms with Gasteiger partial charge in [0.1, 0.15) is 11.5 Å². The third kappa shape index (κ3) is 5.00. The summed E-state index contributed by atoms with van der Waals surface area (Å²) in [6.07, 6.45) is 1.96. The van der Waals surface area contributed by atoms with Crippen molar-refractivity contribution in [2.45, 2.75) is 25.4 Å². The Kier molecular flexibility index (Phi) is 5.96. The molecule has 142 valence electrons. The van der Waals surface area contributed by atoms with E-state index in [9.17, 15) is 9.59 Å². The molecule has 1 amide bonds. The molecule has 0 N–H and O–H groups in total. The Labute approximate surface area is 158 Å². The molecule has 2 aromatic rings. The SMILES string of the molecule is COc1ccc(CN(C(=O)COC(=O)c2ccc(OC)cc2)C2CC2)cc1. The molecule has 0 heterocycles. The van der Waals surface area contributed by atoms with Gasteiger partial charge in [0, 0.05) is 12.6 Å². The molecule has 0 atom stereocenters. The van der Waals surface area contributed by atoms with E-state index in [2.05, 4.69) is 0 Å². The molecule has 27 heavy (non-hydrogen) atoms. The average molecular weight is 369 g/mol. The predicted octanol–water partition coefficient (Wildman–Crippen LogP) is 3.05. The zero-order valence-electron chi connectivity index (χ0n) is 15.5. The first-order valence-corrected chi connectivity index (χ1v) is 8.84. The van der Waals surface area contributed by atoms with Gasteiger partial charge in [-0.2, -0.15) is 0 Å². The molecule has 1 saturated carbocycles. The van der Waals surface area contributed by atoms with Crippen LogP contribution >= 0.6 is 0 Å². The molecule has 1 aliphatic rings. The smallest absolute Gasteiger partial charge is 0.338 e.